The number of fused-ring (bicyclic) bond motifs is 10. The molecule has 0 N–H and O–H groups in total. The third-order valence-corrected chi connectivity index (χ3v) is 14.5. The van der Waals surface area contributed by atoms with Gasteiger partial charge in [-0.2, -0.15) is 0 Å². The van der Waals surface area contributed by atoms with Gasteiger partial charge in [-0.3, -0.25) is 4.99 Å². The number of aliphatic imine (C=N–C) groups is 1. The molecule has 4 heteroatoms. The van der Waals surface area contributed by atoms with Gasteiger partial charge < -0.3 is 9.80 Å². The van der Waals surface area contributed by atoms with Crippen LogP contribution >= 0.6 is 0 Å². The summed E-state index contributed by atoms with van der Waals surface area (Å²) < 4.78 is 0. The number of guanidine groups is 1. The van der Waals surface area contributed by atoms with Crippen LogP contribution in [-0.4, -0.2) is 45.1 Å². The minimum Gasteiger partial charge on any atom is -0.342 e. The standard InChI is InChI=1S/C34H33N3Si/c1-34(2)27-12-4-7-15-30(27)38(31-16-8-5-13-28(31)34)29-14-6-3-11-25(29)26-18-17-24(23-32(26)38)37-22-10-21-36-20-9-19-35-33(36)37/h3-8,11-18,23H,9-10,19-22H2,1-2H3. The summed E-state index contributed by atoms with van der Waals surface area (Å²) in [7, 11) is -2.51. The molecule has 0 aromatic heterocycles. The molecule has 0 radical (unpaired) electrons. The predicted molar refractivity (Wildman–Crippen MR) is 162 cm³/mol. The minimum absolute atomic E-state index is 0.0368. The van der Waals surface area contributed by atoms with Crippen molar-refractivity contribution < 1.29 is 0 Å². The summed E-state index contributed by atoms with van der Waals surface area (Å²) in [6.45, 7) is 9.05. The first-order valence-electron chi connectivity index (χ1n) is 14.1. The maximum absolute atomic E-state index is 5.02. The van der Waals surface area contributed by atoms with Crippen LogP contribution in [0.5, 0.6) is 0 Å². The molecule has 0 amide bonds. The fourth-order valence-corrected chi connectivity index (χ4v) is 13.9. The molecular formula is C34H33N3Si. The maximum atomic E-state index is 5.02. The zero-order valence-corrected chi connectivity index (χ0v) is 23.2. The summed E-state index contributed by atoms with van der Waals surface area (Å²) in [5.41, 5.74) is 7.07. The third-order valence-electron chi connectivity index (χ3n) is 9.52. The van der Waals surface area contributed by atoms with Crippen molar-refractivity contribution in [3.63, 3.8) is 0 Å². The zero-order chi connectivity index (χ0) is 25.5. The Hall–Kier alpha value is -3.63. The number of rotatable bonds is 1. The van der Waals surface area contributed by atoms with Gasteiger partial charge in [-0.25, -0.2) is 0 Å². The topological polar surface area (TPSA) is 18.8 Å². The Labute approximate surface area is 226 Å². The van der Waals surface area contributed by atoms with E-state index < -0.39 is 8.07 Å². The van der Waals surface area contributed by atoms with Gasteiger partial charge in [-0.15, -0.1) is 0 Å². The Morgan fingerprint density at radius 2 is 1.29 bits per heavy atom. The molecule has 8 rings (SSSR count). The van der Waals surface area contributed by atoms with Crippen molar-refractivity contribution >= 4 is 40.5 Å². The van der Waals surface area contributed by atoms with Crippen LogP contribution in [0.15, 0.2) is 96.0 Å². The second kappa shape index (κ2) is 7.94. The summed E-state index contributed by atoms with van der Waals surface area (Å²) in [4.78, 5) is 10.0. The summed E-state index contributed by atoms with van der Waals surface area (Å²) in [6, 6.07) is 35.3. The first kappa shape index (κ1) is 22.4. The number of hydrogen-bond donors (Lipinski definition) is 0. The third kappa shape index (κ3) is 2.76. The SMILES string of the molecule is CC1(C)c2ccccc2[Si]2(c3ccccc3-c3ccc(N4CCCN5CCCN=C54)cc32)c2ccccc21. The smallest absolute Gasteiger partial charge is 0.201 e. The minimum atomic E-state index is -2.51. The van der Waals surface area contributed by atoms with Crippen LogP contribution in [0.3, 0.4) is 0 Å². The van der Waals surface area contributed by atoms with E-state index in [1.165, 1.54) is 45.5 Å². The van der Waals surface area contributed by atoms with E-state index >= 15 is 0 Å². The molecule has 4 aliphatic rings. The Morgan fingerprint density at radius 3 is 2.05 bits per heavy atom. The molecule has 0 aliphatic carbocycles. The second-order valence-electron chi connectivity index (χ2n) is 11.8. The monoisotopic (exact) mass is 511 g/mol. The first-order valence-corrected chi connectivity index (χ1v) is 16.1. The number of hydrogen-bond acceptors (Lipinski definition) is 3. The van der Waals surface area contributed by atoms with Crippen molar-refractivity contribution in [1.29, 1.82) is 0 Å². The van der Waals surface area contributed by atoms with Crippen LogP contribution in [0, 0.1) is 0 Å². The van der Waals surface area contributed by atoms with Gasteiger partial charge in [0.05, 0.1) is 0 Å². The predicted octanol–water partition coefficient (Wildman–Crippen LogP) is 3.96. The quantitative estimate of drug-likeness (QED) is 0.318. The highest BCUT2D eigenvalue weighted by molar-refractivity contribution is 7.22. The molecule has 0 saturated carbocycles. The van der Waals surface area contributed by atoms with E-state index in [4.69, 9.17) is 4.99 Å². The summed E-state index contributed by atoms with van der Waals surface area (Å²) in [5, 5.41) is 6.20. The second-order valence-corrected chi connectivity index (χ2v) is 15.4. The molecule has 4 aromatic carbocycles. The van der Waals surface area contributed by atoms with Crippen LogP contribution in [0.2, 0.25) is 0 Å². The van der Waals surface area contributed by atoms with E-state index in [0.29, 0.717) is 0 Å². The molecule has 4 aliphatic heterocycles. The normalized spacial score (nSPS) is 19.7. The first-order chi connectivity index (χ1) is 18.6. The van der Waals surface area contributed by atoms with Crippen molar-refractivity contribution in [3.8, 4) is 11.1 Å². The molecular weight excluding hydrogens is 478 g/mol. The molecule has 0 bridgehead atoms. The Kier molecular flexibility index (Phi) is 4.67. The molecule has 0 unspecified atom stereocenters. The Bertz CT molecular complexity index is 1590. The lowest BCUT2D eigenvalue weighted by atomic mass is 9.77. The molecule has 4 heterocycles. The fraction of sp³-hybridized carbons (Fsp3) is 0.265. The summed E-state index contributed by atoms with van der Waals surface area (Å²) >= 11 is 0. The molecule has 1 spiro atoms. The van der Waals surface area contributed by atoms with Gasteiger partial charge in [0.15, 0.2) is 8.07 Å². The van der Waals surface area contributed by atoms with Crippen LogP contribution < -0.4 is 25.6 Å². The highest BCUT2D eigenvalue weighted by atomic mass is 28.3. The highest BCUT2D eigenvalue weighted by Gasteiger charge is 2.55. The average Bonchev–Trinajstić information content (AvgIpc) is 3.26. The summed E-state index contributed by atoms with van der Waals surface area (Å²) in [5.74, 6) is 1.18. The van der Waals surface area contributed by atoms with Crippen LogP contribution in [0.1, 0.15) is 37.8 Å². The number of anilines is 1. The van der Waals surface area contributed by atoms with Gasteiger partial charge in [-0.1, -0.05) is 92.7 Å². The van der Waals surface area contributed by atoms with Gasteiger partial charge in [0.2, 0.25) is 5.96 Å². The molecule has 1 fully saturated rings. The van der Waals surface area contributed by atoms with Gasteiger partial charge >= 0.3 is 0 Å². The largest absolute Gasteiger partial charge is 0.342 e. The molecule has 3 nitrogen and oxygen atoms in total. The number of nitrogens with zero attached hydrogens (tertiary/aromatic N) is 3. The molecule has 0 atom stereocenters. The van der Waals surface area contributed by atoms with E-state index in [1.807, 2.05) is 0 Å². The molecule has 1 saturated heterocycles. The van der Waals surface area contributed by atoms with Crippen molar-refractivity contribution in [2.45, 2.75) is 32.1 Å². The summed E-state index contributed by atoms with van der Waals surface area (Å²) in [6.07, 6.45) is 2.34. The van der Waals surface area contributed by atoms with Crippen molar-refractivity contribution in [2.75, 3.05) is 31.1 Å². The van der Waals surface area contributed by atoms with E-state index in [-0.39, 0.29) is 5.41 Å². The maximum Gasteiger partial charge on any atom is 0.201 e. The van der Waals surface area contributed by atoms with Crippen LogP contribution in [0.25, 0.3) is 11.1 Å². The average molecular weight is 512 g/mol. The zero-order valence-electron chi connectivity index (χ0n) is 22.2. The van der Waals surface area contributed by atoms with E-state index in [2.05, 4.69) is 115 Å². The van der Waals surface area contributed by atoms with Gasteiger partial charge in [-0.05, 0) is 68.0 Å². The lowest BCUT2D eigenvalue weighted by molar-refractivity contribution is 0.360. The fourth-order valence-electron chi connectivity index (χ4n) is 7.89. The van der Waals surface area contributed by atoms with E-state index in [1.54, 1.807) is 15.6 Å². The Balaban J connectivity index is 1.45. The molecule has 4 aromatic rings. The molecule has 188 valence electrons. The molecule has 38 heavy (non-hydrogen) atoms. The van der Waals surface area contributed by atoms with Gasteiger partial charge in [0.25, 0.3) is 0 Å². The van der Waals surface area contributed by atoms with Gasteiger partial charge in [0.1, 0.15) is 0 Å². The lowest BCUT2D eigenvalue weighted by Gasteiger charge is -2.45. The van der Waals surface area contributed by atoms with E-state index in [9.17, 15) is 0 Å². The number of benzene rings is 4. The van der Waals surface area contributed by atoms with Crippen LogP contribution in [-0.2, 0) is 5.41 Å². The Morgan fingerprint density at radius 1 is 0.658 bits per heavy atom. The lowest BCUT2D eigenvalue weighted by Crippen LogP contribution is -2.77. The van der Waals surface area contributed by atoms with Crippen molar-refractivity contribution in [3.05, 3.63) is 102 Å². The van der Waals surface area contributed by atoms with Crippen molar-refractivity contribution in [2.24, 2.45) is 4.99 Å². The van der Waals surface area contributed by atoms with Crippen LogP contribution in [0.4, 0.5) is 5.69 Å². The van der Waals surface area contributed by atoms with Crippen molar-refractivity contribution in [1.82, 2.24) is 4.90 Å². The van der Waals surface area contributed by atoms with Gasteiger partial charge in [0, 0.05) is 37.3 Å². The highest BCUT2D eigenvalue weighted by Crippen LogP contribution is 2.40. The van der Waals surface area contributed by atoms with E-state index in [0.717, 1.165) is 32.6 Å².